The minimum atomic E-state index is 0. The summed E-state index contributed by atoms with van der Waals surface area (Å²) in [5.74, 6) is 1.49. The first-order valence-corrected chi connectivity index (χ1v) is 7.54. The molecule has 1 fully saturated rings. The van der Waals surface area contributed by atoms with Gasteiger partial charge in [0.05, 0.1) is 6.61 Å². The van der Waals surface area contributed by atoms with E-state index in [1.54, 1.807) is 0 Å². The molecule has 1 aromatic rings. The Bertz CT molecular complexity index is 507. The average Bonchev–Trinajstić information content (AvgIpc) is 2.95. The van der Waals surface area contributed by atoms with E-state index in [-0.39, 0.29) is 24.2 Å². The molecule has 3 rings (SSSR count). The standard InChI is InChI=1S/C16H22N2O2.ClH/c17-10-12-3-1-5-14(12)16(19)18-13-6-7-15-11(9-13)4-2-8-20-15;/h6-7,9,12,14H,1-5,8,10,17H2,(H,18,19);1H/t12-,14-;/m1./s1. The molecule has 0 spiro atoms. The molecule has 21 heavy (non-hydrogen) atoms. The number of aryl methyl sites for hydroxylation is 1. The Morgan fingerprint density at radius 2 is 2.19 bits per heavy atom. The molecule has 1 saturated carbocycles. The minimum Gasteiger partial charge on any atom is -0.493 e. The predicted octanol–water partition coefficient (Wildman–Crippen LogP) is 2.75. The van der Waals surface area contributed by atoms with Gasteiger partial charge in [0.25, 0.3) is 0 Å². The van der Waals surface area contributed by atoms with Crippen molar-refractivity contribution in [2.45, 2.75) is 32.1 Å². The number of rotatable bonds is 3. The van der Waals surface area contributed by atoms with Crippen molar-refractivity contribution in [2.24, 2.45) is 17.6 Å². The Balaban J connectivity index is 0.00000161. The van der Waals surface area contributed by atoms with Crippen LogP contribution in [0, 0.1) is 11.8 Å². The highest BCUT2D eigenvalue weighted by molar-refractivity contribution is 5.93. The second-order valence-corrected chi connectivity index (χ2v) is 5.80. The SMILES string of the molecule is Cl.NC[C@H]1CCC[C@H]1C(=O)Nc1ccc2c(c1)CCCO2. The second-order valence-electron chi connectivity index (χ2n) is 5.80. The summed E-state index contributed by atoms with van der Waals surface area (Å²) in [4.78, 5) is 12.4. The zero-order chi connectivity index (χ0) is 13.9. The van der Waals surface area contributed by atoms with Gasteiger partial charge in [-0.3, -0.25) is 4.79 Å². The molecule has 1 aromatic carbocycles. The molecular formula is C16H23ClN2O2. The van der Waals surface area contributed by atoms with Gasteiger partial charge >= 0.3 is 0 Å². The number of halogens is 1. The molecule has 5 heteroatoms. The van der Waals surface area contributed by atoms with Crippen molar-refractivity contribution < 1.29 is 9.53 Å². The molecule has 2 atom stereocenters. The quantitative estimate of drug-likeness (QED) is 0.902. The van der Waals surface area contributed by atoms with Crippen molar-refractivity contribution in [1.29, 1.82) is 0 Å². The predicted molar refractivity (Wildman–Crippen MR) is 86.0 cm³/mol. The fourth-order valence-corrected chi connectivity index (χ4v) is 3.34. The fraction of sp³-hybridized carbons (Fsp3) is 0.562. The van der Waals surface area contributed by atoms with Crippen LogP contribution in [0.4, 0.5) is 5.69 Å². The smallest absolute Gasteiger partial charge is 0.227 e. The summed E-state index contributed by atoms with van der Waals surface area (Å²) in [5.41, 5.74) is 7.82. The van der Waals surface area contributed by atoms with E-state index in [0.717, 1.165) is 50.1 Å². The summed E-state index contributed by atoms with van der Waals surface area (Å²) >= 11 is 0. The Labute approximate surface area is 131 Å². The maximum atomic E-state index is 12.4. The molecular weight excluding hydrogens is 288 g/mol. The van der Waals surface area contributed by atoms with Gasteiger partial charge in [0.1, 0.15) is 5.75 Å². The van der Waals surface area contributed by atoms with E-state index in [2.05, 4.69) is 5.32 Å². The number of ether oxygens (including phenoxy) is 1. The maximum absolute atomic E-state index is 12.4. The van der Waals surface area contributed by atoms with Crippen LogP contribution in [0.1, 0.15) is 31.2 Å². The summed E-state index contributed by atoms with van der Waals surface area (Å²) in [6, 6.07) is 5.92. The molecule has 0 saturated heterocycles. The topological polar surface area (TPSA) is 64.4 Å². The average molecular weight is 311 g/mol. The Kier molecular flexibility index (Phi) is 5.48. The van der Waals surface area contributed by atoms with Crippen LogP contribution in [-0.2, 0) is 11.2 Å². The molecule has 0 radical (unpaired) electrons. The zero-order valence-electron chi connectivity index (χ0n) is 12.1. The highest BCUT2D eigenvalue weighted by Gasteiger charge is 2.31. The number of nitrogens with one attached hydrogen (secondary N) is 1. The van der Waals surface area contributed by atoms with E-state index >= 15 is 0 Å². The molecule has 0 bridgehead atoms. The first-order valence-electron chi connectivity index (χ1n) is 7.54. The van der Waals surface area contributed by atoms with E-state index in [9.17, 15) is 4.79 Å². The number of fused-ring (bicyclic) bond motifs is 1. The number of carbonyl (C=O) groups excluding carboxylic acids is 1. The molecule has 4 nitrogen and oxygen atoms in total. The molecule has 1 amide bonds. The Morgan fingerprint density at radius 3 is 3.00 bits per heavy atom. The summed E-state index contributed by atoms with van der Waals surface area (Å²) in [5, 5.41) is 3.05. The summed E-state index contributed by atoms with van der Waals surface area (Å²) in [6.07, 6.45) is 5.21. The monoisotopic (exact) mass is 310 g/mol. The highest BCUT2D eigenvalue weighted by atomic mass is 35.5. The van der Waals surface area contributed by atoms with Crippen LogP contribution in [0.2, 0.25) is 0 Å². The molecule has 0 unspecified atom stereocenters. The van der Waals surface area contributed by atoms with Crippen molar-refractivity contribution in [3.05, 3.63) is 23.8 Å². The molecule has 2 aliphatic rings. The van der Waals surface area contributed by atoms with Gasteiger partial charge in [-0.05, 0) is 61.9 Å². The summed E-state index contributed by atoms with van der Waals surface area (Å²) in [7, 11) is 0. The highest BCUT2D eigenvalue weighted by Crippen LogP contribution is 2.33. The normalized spacial score (nSPS) is 23.7. The third-order valence-corrected chi connectivity index (χ3v) is 4.47. The van der Waals surface area contributed by atoms with Crippen LogP contribution in [0.5, 0.6) is 5.75 Å². The lowest BCUT2D eigenvalue weighted by Crippen LogP contribution is -2.29. The van der Waals surface area contributed by atoms with Crippen LogP contribution in [0.15, 0.2) is 18.2 Å². The number of hydrogen-bond acceptors (Lipinski definition) is 3. The van der Waals surface area contributed by atoms with Gasteiger partial charge in [-0.15, -0.1) is 12.4 Å². The molecule has 1 aliphatic carbocycles. The van der Waals surface area contributed by atoms with E-state index in [1.807, 2.05) is 18.2 Å². The molecule has 1 heterocycles. The number of carbonyl (C=O) groups is 1. The lowest BCUT2D eigenvalue weighted by atomic mass is 9.95. The van der Waals surface area contributed by atoms with Crippen LogP contribution in [0.3, 0.4) is 0 Å². The number of benzene rings is 1. The molecule has 0 aromatic heterocycles. The van der Waals surface area contributed by atoms with Crippen LogP contribution >= 0.6 is 12.4 Å². The third-order valence-electron chi connectivity index (χ3n) is 4.47. The van der Waals surface area contributed by atoms with Gasteiger partial charge in [0.15, 0.2) is 0 Å². The van der Waals surface area contributed by atoms with Gasteiger partial charge < -0.3 is 15.8 Å². The van der Waals surface area contributed by atoms with Crippen molar-refractivity contribution in [2.75, 3.05) is 18.5 Å². The van der Waals surface area contributed by atoms with Gasteiger partial charge in [-0.2, -0.15) is 0 Å². The molecule has 116 valence electrons. The summed E-state index contributed by atoms with van der Waals surface area (Å²) in [6.45, 7) is 1.40. The maximum Gasteiger partial charge on any atom is 0.227 e. The van der Waals surface area contributed by atoms with Crippen LogP contribution in [-0.4, -0.2) is 19.1 Å². The number of amides is 1. The van der Waals surface area contributed by atoms with Crippen molar-refractivity contribution in [1.82, 2.24) is 0 Å². The molecule has 1 aliphatic heterocycles. The van der Waals surface area contributed by atoms with Gasteiger partial charge in [-0.1, -0.05) is 6.42 Å². The lowest BCUT2D eigenvalue weighted by Gasteiger charge is -2.20. The zero-order valence-corrected chi connectivity index (χ0v) is 13.0. The van der Waals surface area contributed by atoms with Gasteiger partial charge in [0.2, 0.25) is 5.91 Å². The minimum absolute atomic E-state index is 0. The van der Waals surface area contributed by atoms with Crippen LogP contribution < -0.4 is 15.8 Å². The van der Waals surface area contributed by atoms with Crippen molar-refractivity contribution in [3.8, 4) is 5.75 Å². The first-order chi connectivity index (χ1) is 9.78. The number of hydrogen-bond donors (Lipinski definition) is 2. The van der Waals surface area contributed by atoms with Gasteiger partial charge in [-0.25, -0.2) is 0 Å². The van der Waals surface area contributed by atoms with Crippen LogP contribution in [0.25, 0.3) is 0 Å². The third kappa shape index (κ3) is 3.50. The lowest BCUT2D eigenvalue weighted by molar-refractivity contribution is -0.120. The van der Waals surface area contributed by atoms with E-state index in [1.165, 1.54) is 5.56 Å². The largest absolute Gasteiger partial charge is 0.493 e. The Morgan fingerprint density at radius 1 is 1.33 bits per heavy atom. The second kappa shape index (κ2) is 7.14. The fourth-order valence-electron chi connectivity index (χ4n) is 3.34. The van der Waals surface area contributed by atoms with E-state index in [0.29, 0.717) is 12.5 Å². The number of nitrogens with two attached hydrogens (primary N) is 1. The Hall–Kier alpha value is -1.26. The van der Waals surface area contributed by atoms with Crippen molar-refractivity contribution in [3.63, 3.8) is 0 Å². The first kappa shape index (κ1) is 16.1. The van der Waals surface area contributed by atoms with Gasteiger partial charge in [0, 0.05) is 11.6 Å². The summed E-state index contributed by atoms with van der Waals surface area (Å²) < 4.78 is 5.59. The van der Waals surface area contributed by atoms with Crippen molar-refractivity contribution >= 4 is 24.0 Å². The number of anilines is 1. The van der Waals surface area contributed by atoms with E-state index in [4.69, 9.17) is 10.5 Å². The van der Waals surface area contributed by atoms with E-state index < -0.39 is 0 Å². The molecule has 3 N–H and O–H groups in total.